The first kappa shape index (κ1) is 14.1. The molecule has 102 valence electrons. The van der Waals surface area contributed by atoms with Gasteiger partial charge in [-0.1, -0.05) is 5.18 Å². The van der Waals surface area contributed by atoms with Crippen LogP contribution in [-0.2, 0) is 0 Å². The topological polar surface area (TPSA) is 65.8 Å². The highest BCUT2D eigenvalue weighted by atomic mass is 19.1. The highest BCUT2D eigenvalue weighted by molar-refractivity contribution is 6.45. The highest BCUT2D eigenvalue weighted by Gasteiger charge is 2.31. The summed E-state index contributed by atoms with van der Waals surface area (Å²) in [5.74, 6) is -0.317. The van der Waals surface area contributed by atoms with Crippen LogP contribution in [0, 0.1) is 16.6 Å². The zero-order valence-corrected chi connectivity index (χ0v) is 10.9. The van der Waals surface area contributed by atoms with Gasteiger partial charge in [-0.25, -0.2) is 4.39 Å². The van der Waals surface area contributed by atoms with E-state index in [4.69, 9.17) is 0 Å². The number of halogens is 1. The van der Waals surface area contributed by atoms with Gasteiger partial charge in [0.25, 0.3) is 0 Å². The molecule has 19 heavy (non-hydrogen) atoms. The van der Waals surface area contributed by atoms with E-state index in [0.29, 0.717) is 5.69 Å². The summed E-state index contributed by atoms with van der Waals surface area (Å²) in [5.41, 5.74) is 0.520. The van der Waals surface area contributed by atoms with Crippen molar-refractivity contribution in [2.45, 2.75) is 25.7 Å². The van der Waals surface area contributed by atoms with Gasteiger partial charge in [0.15, 0.2) is 0 Å². The summed E-state index contributed by atoms with van der Waals surface area (Å²) < 4.78 is 12.8. The van der Waals surface area contributed by atoms with Crippen LogP contribution in [0.3, 0.4) is 0 Å². The normalized spacial score (nSPS) is 19.1. The predicted molar refractivity (Wildman–Crippen MR) is 70.9 cm³/mol. The number of nitroso groups, excluding NO2 is 1. The lowest BCUT2D eigenvalue weighted by Gasteiger charge is -2.34. The third-order valence-corrected chi connectivity index (χ3v) is 3.72. The van der Waals surface area contributed by atoms with E-state index < -0.39 is 18.9 Å². The fourth-order valence-electron chi connectivity index (χ4n) is 2.55. The number of hydrogen-bond donors (Lipinski definition) is 1. The van der Waals surface area contributed by atoms with Crippen LogP contribution in [0.4, 0.5) is 4.39 Å². The second-order valence-corrected chi connectivity index (χ2v) is 4.96. The molecule has 0 radical (unpaired) electrons. The maximum Gasteiger partial charge on any atom is 0.376 e. The van der Waals surface area contributed by atoms with Gasteiger partial charge in [-0.2, -0.15) is 4.91 Å². The number of hydrogen-bond acceptors (Lipinski definition) is 5. The van der Waals surface area contributed by atoms with Crippen LogP contribution in [-0.4, -0.2) is 35.0 Å². The molecule has 0 saturated carbocycles. The molecule has 7 heteroatoms. The van der Waals surface area contributed by atoms with Crippen LogP contribution in [0.15, 0.2) is 23.5 Å². The van der Waals surface area contributed by atoms with E-state index >= 15 is 0 Å². The average Bonchev–Trinajstić information content (AvgIpc) is 2.42. The number of aromatic nitrogens is 1. The van der Waals surface area contributed by atoms with Crippen LogP contribution in [0.1, 0.15) is 24.6 Å². The quantitative estimate of drug-likeness (QED) is 0.666. The van der Waals surface area contributed by atoms with E-state index in [1.807, 2.05) is 4.81 Å². The third kappa shape index (κ3) is 3.36. The van der Waals surface area contributed by atoms with Crippen LogP contribution >= 0.6 is 0 Å². The van der Waals surface area contributed by atoms with Crippen LogP contribution in [0.25, 0.3) is 0 Å². The van der Waals surface area contributed by atoms with Crippen LogP contribution in [0.5, 0.6) is 0 Å². The van der Waals surface area contributed by atoms with Gasteiger partial charge in [-0.3, -0.25) is 4.98 Å². The first-order valence-electron chi connectivity index (χ1n) is 6.48. The summed E-state index contributed by atoms with van der Waals surface area (Å²) in [6, 6.07) is 2.28. The third-order valence-electron chi connectivity index (χ3n) is 3.72. The van der Waals surface area contributed by atoms with E-state index in [0.717, 1.165) is 32.1 Å². The zero-order valence-electron chi connectivity index (χ0n) is 10.9. The van der Waals surface area contributed by atoms with E-state index in [-0.39, 0.29) is 5.92 Å². The molecule has 1 aliphatic rings. The van der Waals surface area contributed by atoms with Gasteiger partial charge in [-0.05, 0) is 50.8 Å². The van der Waals surface area contributed by atoms with Gasteiger partial charge < -0.3 is 9.83 Å². The zero-order chi connectivity index (χ0) is 13.8. The molecule has 2 rings (SSSR count). The maximum absolute atomic E-state index is 12.8. The molecule has 0 spiro atoms. The number of nitrogens with zero attached hydrogens (tertiary/aromatic N) is 3. The Morgan fingerprint density at radius 2 is 2.21 bits per heavy atom. The Labute approximate surface area is 111 Å². The van der Waals surface area contributed by atoms with Crippen molar-refractivity contribution < 1.29 is 9.41 Å². The fraction of sp³-hybridized carbons (Fsp3) is 0.583. The lowest BCUT2D eigenvalue weighted by molar-refractivity contribution is 0.225. The summed E-state index contributed by atoms with van der Waals surface area (Å²) in [6.07, 6.45) is 2.67. The van der Waals surface area contributed by atoms with Gasteiger partial charge in [0, 0.05) is 0 Å². The van der Waals surface area contributed by atoms with Gasteiger partial charge in [-0.15, -0.1) is 0 Å². The first-order chi connectivity index (χ1) is 9.11. The van der Waals surface area contributed by atoms with Crippen molar-refractivity contribution in [1.82, 2.24) is 9.79 Å². The van der Waals surface area contributed by atoms with Crippen molar-refractivity contribution in [2.75, 3.05) is 13.1 Å². The first-order valence-corrected chi connectivity index (χ1v) is 6.48. The Morgan fingerprint density at radius 1 is 1.53 bits per heavy atom. The Hall–Kier alpha value is -1.34. The number of rotatable bonds is 4. The molecule has 1 N–H and O–H groups in total. The van der Waals surface area contributed by atoms with Gasteiger partial charge in [0.05, 0.1) is 11.9 Å². The van der Waals surface area contributed by atoms with Crippen molar-refractivity contribution in [3.05, 3.63) is 34.7 Å². The van der Waals surface area contributed by atoms with Crippen molar-refractivity contribution in [3.8, 4) is 0 Å². The SMILES string of the molecule is CB(O)N1CCC(C(N=O)c2ccc(F)cn2)CC1. The lowest BCUT2D eigenvalue weighted by Crippen LogP contribution is -2.43. The molecule has 1 aromatic rings. The molecule has 1 fully saturated rings. The fourth-order valence-corrected chi connectivity index (χ4v) is 2.55. The second-order valence-electron chi connectivity index (χ2n) is 4.96. The van der Waals surface area contributed by atoms with E-state index in [1.165, 1.54) is 12.1 Å². The average molecular weight is 265 g/mol. The minimum atomic E-state index is -0.531. The largest absolute Gasteiger partial charge is 0.437 e. The molecular weight excluding hydrogens is 248 g/mol. The number of pyridine rings is 1. The minimum absolute atomic E-state index is 0.102. The molecule has 0 aromatic carbocycles. The summed E-state index contributed by atoms with van der Waals surface area (Å²) in [6.45, 7) is 3.20. The molecular formula is C12H17BFN3O2. The second kappa shape index (κ2) is 6.21. The maximum atomic E-state index is 12.8. The van der Waals surface area contributed by atoms with Gasteiger partial charge in [0.2, 0.25) is 0 Å². The molecule has 0 aliphatic carbocycles. The Kier molecular flexibility index (Phi) is 4.60. The summed E-state index contributed by atoms with van der Waals surface area (Å²) in [7, 11) is -0.465. The number of piperidine rings is 1. The smallest absolute Gasteiger partial charge is 0.376 e. The molecule has 1 atom stereocenters. The Balaban J connectivity index is 2.03. The van der Waals surface area contributed by atoms with E-state index in [2.05, 4.69) is 10.2 Å². The molecule has 1 aliphatic heterocycles. The Bertz CT molecular complexity index is 421. The standard InChI is InChI=1S/C12H17BFN3O2/c1-13(18)17-6-4-9(5-7-17)12(16-19)11-3-2-10(14)8-15-11/h2-3,8-9,12,18H,4-7H2,1H3. The van der Waals surface area contributed by atoms with E-state index in [9.17, 15) is 14.3 Å². The molecule has 2 heterocycles. The van der Waals surface area contributed by atoms with E-state index in [1.54, 1.807) is 6.82 Å². The van der Waals surface area contributed by atoms with Crippen molar-refractivity contribution in [1.29, 1.82) is 0 Å². The van der Waals surface area contributed by atoms with Crippen LogP contribution in [0.2, 0.25) is 6.82 Å². The molecule has 0 amide bonds. The summed E-state index contributed by atoms with van der Waals surface area (Å²) >= 11 is 0. The molecule has 1 aromatic heterocycles. The molecule has 0 bridgehead atoms. The summed E-state index contributed by atoms with van der Waals surface area (Å²) in [5, 5.41) is 12.7. The molecule has 1 unspecified atom stereocenters. The predicted octanol–water partition coefficient (Wildman–Crippen LogP) is 1.85. The summed E-state index contributed by atoms with van der Waals surface area (Å²) in [4.78, 5) is 17.0. The van der Waals surface area contributed by atoms with Crippen molar-refractivity contribution in [3.63, 3.8) is 0 Å². The van der Waals surface area contributed by atoms with Gasteiger partial charge in [0.1, 0.15) is 11.9 Å². The van der Waals surface area contributed by atoms with Gasteiger partial charge >= 0.3 is 7.05 Å². The van der Waals surface area contributed by atoms with Crippen LogP contribution < -0.4 is 0 Å². The van der Waals surface area contributed by atoms with Crippen molar-refractivity contribution >= 4 is 7.05 Å². The highest BCUT2D eigenvalue weighted by Crippen LogP contribution is 2.32. The monoisotopic (exact) mass is 265 g/mol. The minimum Gasteiger partial charge on any atom is -0.437 e. The lowest BCUT2D eigenvalue weighted by atomic mass is 9.79. The molecule has 5 nitrogen and oxygen atoms in total. The van der Waals surface area contributed by atoms with Crippen molar-refractivity contribution in [2.24, 2.45) is 11.1 Å². The molecule has 1 saturated heterocycles. The Morgan fingerprint density at radius 3 is 2.68 bits per heavy atom.